The van der Waals surface area contributed by atoms with Crippen LogP contribution in [0.25, 0.3) is 10.9 Å². The van der Waals surface area contributed by atoms with Crippen LogP contribution in [0.4, 0.5) is 0 Å². The zero-order valence-corrected chi connectivity index (χ0v) is 56.2. The van der Waals surface area contributed by atoms with Crippen LogP contribution in [0.5, 0.6) is 5.75 Å². The van der Waals surface area contributed by atoms with Gasteiger partial charge in [0.2, 0.25) is 59.1 Å². The SMILES string of the molecule is C.CC(=O)O.CCNC(=O)[C@@H]1CCCN1C(=O)[C@H](CCCN=C(N)N)NC(=O)[C@H](CC(C)C)NC(=O)[C@@H](Cc1cn(Cc2ccccc2)cn1)NC(=O)[C@H](Cc1ccc(O)cc1)NC(=O)[C@H](CO)NC(=O)[C@H](Cc1c[nH]c2ccccc12)NC(=O)[C@H](Cc1cnc[nH]1)NC(=O)[C@@H]1CCC(=O)N1. The number of phenolic OH excluding ortho intramolecular Hbond substituents is 1. The average molecular weight is 1400 g/mol. The van der Waals surface area contributed by atoms with Gasteiger partial charge in [0.15, 0.2) is 5.96 Å². The largest absolute Gasteiger partial charge is 0.508 e. The fourth-order valence-electron chi connectivity index (χ4n) is 11.6. The molecular weight excluding hydrogens is 1300 g/mol. The van der Waals surface area contributed by atoms with Crippen LogP contribution in [-0.2, 0) is 85.0 Å². The van der Waals surface area contributed by atoms with E-state index in [1.807, 2.05) is 50.2 Å². The Morgan fingerprint density at radius 3 is 1.91 bits per heavy atom. The fourth-order valence-corrected chi connectivity index (χ4v) is 11.6. The van der Waals surface area contributed by atoms with Gasteiger partial charge in [-0.3, -0.25) is 57.7 Å². The van der Waals surface area contributed by atoms with Crippen LogP contribution >= 0.6 is 0 Å². The maximum absolute atomic E-state index is 15.1. The summed E-state index contributed by atoms with van der Waals surface area (Å²) >= 11 is 0. The van der Waals surface area contributed by atoms with E-state index in [0.717, 1.165) is 12.5 Å². The van der Waals surface area contributed by atoms with Gasteiger partial charge in [0, 0.05) is 100 Å². The molecule has 3 aromatic heterocycles. The number of amides is 10. The van der Waals surface area contributed by atoms with Gasteiger partial charge in [-0.2, -0.15) is 0 Å². The fraction of sp³-hybridized carbons (Fsp3) is 0.449. The Balaban J connectivity index is 0.00000312. The molecule has 2 saturated heterocycles. The molecule has 2 fully saturated rings. The standard InChI is InChI=1S/C66H86N18O12.C2H4O2.CH4/c1-4-70-64(95)55-17-11-25-84(55)65(96)48(16-10-24-71-66(67)68)76-58(89)49(26-38(2)3)77-62(93)53(30-43-34-83(37-74-43)33-40-12-6-5-7-13-40)81-59(90)50(27-39-18-20-44(86)21-19-39)78-63(94)54(35-85)82-60(91)51(28-41-31-72-46-15-9-8-14-45(41)46)79-61(92)52(29-42-32-69-36-73-42)80-57(88)47-22-23-56(87)75-47;1-2(3)4;/h5-9,12-15,18-21,31-32,34,36-38,47-55,72,85-86H,4,10-11,16-17,22-30,33,35H2,1-3H3,(H,69,73)(H,70,95)(H,75,87)(H,76,89)(H,77,93)(H,78,94)(H,79,92)(H,80,88)(H,81,90)(H,82,91)(H4,67,68,71);1H3,(H,3,4);1H4/t47-,48-,49-,50-,51-,52-,53+,54-,55-;;/m0../s1. The Bertz CT molecular complexity index is 3800. The van der Waals surface area contributed by atoms with E-state index in [1.165, 1.54) is 41.7 Å². The van der Waals surface area contributed by atoms with Gasteiger partial charge in [0.1, 0.15) is 60.1 Å². The van der Waals surface area contributed by atoms with Crippen molar-refractivity contribution in [2.45, 2.75) is 167 Å². The number of likely N-dealkylation sites (tertiary alicyclic amines) is 1. The van der Waals surface area contributed by atoms with E-state index < -0.39 is 114 Å². The molecule has 2 aliphatic heterocycles. The lowest BCUT2D eigenvalue weighted by molar-refractivity contribution is -0.142. The summed E-state index contributed by atoms with van der Waals surface area (Å²) in [6, 6.07) is 10.5. The number of para-hydroxylation sites is 1. The number of likely N-dealkylation sites (N-methyl/N-ethyl adjacent to an activating group) is 1. The van der Waals surface area contributed by atoms with E-state index in [4.69, 9.17) is 21.4 Å². The van der Waals surface area contributed by atoms with Gasteiger partial charge in [0.05, 0.1) is 25.0 Å². The summed E-state index contributed by atoms with van der Waals surface area (Å²) in [5.41, 5.74) is 14.6. The Hall–Kier alpha value is -11.2. The molecule has 2 aliphatic rings. The summed E-state index contributed by atoms with van der Waals surface area (Å²) < 4.78 is 1.78. The average Bonchev–Trinajstić information content (AvgIpc) is 1.81. The van der Waals surface area contributed by atoms with Gasteiger partial charge in [0.25, 0.3) is 5.97 Å². The third-order valence-corrected chi connectivity index (χ3v) is 16.5. The van der Waals surface area contributed by atoms with Crippen LogP contribution in [0.2, 0.25) is 0 Å². The number of hydrogen-bond donors (Lipinski definition) is 16. The molecule has 0 saturated carbocycles. The number of imidazole rings is 2. The van der Waals surface area contributed by atoms with Gasteiger partial charge in [-0.1, -0.05) is 81.9 Å². The maximum atomic E-state index is 15.1. The molecule has 0 unspecified atom stereocenters. The van der Waals surface area contributed by atoms with E-state index >= 15 is 9.59 Å². The number of benzene rings is 3. The van der Waals surface area contributed by atoms with E-state index in [1.54, 1.807) is 48.4 Å². The summed E-state index contributed by atoms with van der Waals surface area (Å²) in [4.78, 5) is 171. The Morgan fingerprint density at radius 1 is 0.703 bits per heavy atom. The van der Waals surface area contributed by atoms with Crippen molar-refractivity contribution in [3.8, 4) is 5.75 Å². The first-order valence-corrected chi connectivity index (χ1v) is 33.1. The number of carboxylic acid groups (broad SMARTS) is 1. The van der Waals surface area contributed by atoms with Gasteiger partial charge >= 0.3 is 0 Å². The van der Waals surface area contributed by atoms with Gasteiger partial charge in [-0.05, 0) is 86.3 Å². The predicted octanol–water partition coefficient (Wildman–Crippen LogP) is -0.270. The topological polar surface area (TPSA) is 487 Å². The molecule has 18 N–H and O–H groups in total. The molecule has 3 aromatic carbocycles. The smallest absolute Gasteiger partial charge is 0.300 e. The number of aromatic nitrogens is 5. The molecule has 0 aliphatic carbocycles. The number of nitrogens with one attached hydrogen (secondary N) is 11. The van der Waals surface area contributed by atoms with Gasteiger partial charge < -0.3 is 94.1 Å². The molecule has 5 heterocycles. The van der Waals surface area contributed by atoms with Crippen molar-refractivity contribution in [1.29, 1.82) is 0 Å². The molecule has 8 rings (SSSR count). The molecule has 101 heavy (non-hydrogen) atoms. The molecule has 544 valence electrons. The highest BCUT2D eigenvalue weighted by molar-refractivity contribution is 5.99. The number of aliphatic imine (C=N–C) groups is 1. The first kappa shape index (κ1) is 78.8. The second-order valence-electron chi connectivity index (χ2n) is 24.9. The minimum absolute atomic E-state index is 0. The number of H-pyrrole nitrogens is 2. The van der Waals surface area contributed by atoms with Crippen molar-refractivity contribution < 1.29 is 68.1 Å². The number of aliphatic hydroxyl groups is 1. The van der Waals surface area contributed by atoms with Crippen LogP contribution in [0, 0.1) is 5.92 Å². The lowest BCUT2D eigenvalue weighted by Crippen LogP contribution is -2.61. The molecular formula is C69H94N18O14. The molecule has 6 aromatic rings. The van der Waals surface area contributed by atoms with Gasteiger partial charge in [-0.25, -0.2) is 9.97 Å². The predicted molar refractivity (Wildman–Crippen MR) is 372 cm³/mol. The lowest BCUT2D eigenvalue weighted by atomic mass is 10.0. The second kappa shape index (κ2) is 38.8. The highest BCUT2D eigenvalue weighted by atomic mass is 16.4. The third kappa shape index (κ3) is 24.3. The number of phenols is 1. The van der Waals surface area contributed by atoms with Crippen LogP contribution in [-0.4, -0.2) is 196 Å². The summed E-state index contributed by atoms with van der Waals surface area (Å²) in [6.07, 6.45) is 8.49. The van der Waals surface area contributed by atoms with Crippen molar-refractivity contribution >= 4 is 81.9 Å². The minimum atomic E-state index is -1.79. The van der Waals surface area contributed by atoms with Crippen LogP contribution in [0.1, 0.15) is 108 Å². The number of carbonyl (C=O) groups is 11. The summed E-state index contributed by atoms with van der Waals surface area (Å²) in [5.74, 6) is -8.55. The monoisotopic (exact) mass is 1400 g/mol. The van der Waals surface area contributed by atoms with Gasteiger partial charge in [-0.15, -0.1) is 0 Å². The number of guanidine groups is 1. The number of aliphatic hydroxyl groups excluding tert-OH is 1. The third-order valence-electron chi connectivity index (χ3n) is 16.5. The molecule has 9 atom stereocenters. The quantitative estimate of drug-likeness (QED) is 0.0140. The molecule has 32 heteroatoms. The molecule has 32 nitrogen and oxygen atoms in total. The lowest BCUT2D eigenvalue weighted by Gasteiger charge is -2.30. The maximum Gasteiger partial charge on any atom is 0.300 e. The number of aromatic hydroxyl groups is 1. The summed E-state index contributed by atoms with van der Waals surface area (Å²) in [6.45, 7) is 6.58. The zero-order chi connectivity index (χ0) is 72.4. The van der Waals surface area contributed by atoms with Crippen molar-refractivity contribution in [3.05, 3.63) is 138 Å². The number of hydrogen-bond acceptors (Lipinski definition) is 16. The van der Waals surface area contributed by atoms with E-state index in [-0.39, 0.29) is 108 Å². The van der Waals surface area contributed by atoms with Crippen molar-refractivity contribution in [1.82, 2.24) is 77.3 Å². The Kier molecular flexibility index (Phi) is 30.3. The first-order chi connectivity index (χ1) is 47.9. The number of aliphatic carboxylic acids is 1. The number of aromatic amines is 2. The van der Waals surface area contributed by atoms with E-state index in [0.29, 0.717) is 59.3 Å². The Morgan fingerprint density at radius 2 is 1.30 bits per heavy atom. The highest BCUT2D eigenvalue weighted by Crippen LogP contribution is 2.23. The molecule has 10 amide bonds. The highest BCUT2D eigenvalue weighted by Gasteiger charge is 2.40. The number of fused-ring (bicyclic) bond motifs is 1. The first-order valence-electron chi connectivity index (χ1n) is 33.1. The van der Waals surface area contributed by atoms with E-state index in [9.17, 15) is 48.6 Å². The van der Waals surface area contributed by atoms with Crippen molar-refractivity contribution in [2.75, 3.05) is 26.2 Å². The number of nitrogens with two attached hydrogens (primary N) is 2. The number of rotatable bonds is 34. The summed E-state index contributed by atoms with van der Waals surface area (Å²) in [5, 5.41) is 53.7. The molecule has 0 radical (unpaired) electrons. The normalized spacial score (nSPS) is 16.0. The molecule has 0 spiro atoms. The number of carbonyl (C=O) groups excluding carboxylic acids is 10. The number of carboxylic acids is 1. The number of nitrogens with zero attached hydrogens (tertiary/aromatic N) is 5. The second-order valence-corrected chi connectivity index (χ2v) is 24.9. The molecule has 0 bridgehead atoms. The van der Waals surface area contributed by atoms with Crippen molar-refractivity contribution in [2.24, 2.45) is 22.4 Å². The van der Waals surface area contributed by atoms with E-state index in [2.05, 4.69) is 72.8 Å². The van der Waals surface area contributed by atoms with Crippen molar-refractivity contribution in [3.63, 3.8) is 0 Å². The van der Waals surface area contributed by atoms with Crippen LogP contribution < -0.4 is 59.3 Å². The minimum Gasteiger partial charge on any atom is -0.508 e. The summed E-state index contributed by atoms with van der Waals surface area (Å²) in [7, 11) is 0. The Labute approximate surface area is 584 Å². The zero-order valence-electron chi connectivity index (χ0n) is 56.2. The van der Waals surface area contributed by atoms with Crippen LogP contribution in [0.15, 0.2) is 115 Å². The van der Waals surface area contributed by atoms with Crippen LogP contribution in [0.3, 0.4) is 0 Å².